The normalized spacial score (nSPS) is 12.3. The van der Waals surface area contributed by atoms with Crippen molar-refractivity contribution in [3.63, 3.8) is 0 Å². The Morgan fingerprint density at radius 3 is 2.78 bits per heavy atom. The van der Waals surface area contributed by atoms with Crippen LogP contribution in [0.25, 0.3) is 11.0 Å². The molecular weight excluding hydrogens is 310 g/mol. The maximum atomic E-state index is 11.8. The highest BCUT2D eigenvalue weighted by Crippen LogP contribution is 2.22. The third kappa shape index (κ3) is 4.86. The number of thioether (sulfide) groups is 1. The van der Waals surface area contributed by atoms with E-state index in [9.17, 15) is 9.59 Å². The summed E-state index contributed by atoms with van der Waals surface area (Å²) in [6.45, 7) is 6.09. The number of rotatable bonds is 7. The van der Waals surface area contributed by atoms with Gasteiger partial charge < -0.3 is 9.73 Å². The Hall–Kier alpha value is -1.75. The Labute approximate surface area is 140 Å². The molecule has 0 unspecified atom stereocenters. The quantitative estimate of drug-likeness (QED) is 0.788. The first-order valence-electron chi connectivity index (χ1n) is 7.96. The van der Waals surface area contributed by atoms with Gasteiger partial charge in [-0.1, -0.05) is 26.0 Å². The van der Waals surface area contributed by atoms with Crippen molar-refractivity contribution in [1.29, 1.82) is 0 Å². The summed E-state index contributed by atoms with van der Waals surface area (Å²) in [5.74, 6) is 1.03. The lowest BCUT2D eigenvalue weighted by molar-refractivity contribution is -0.119. The van der Waals surface area contributed by atoms with Crippen molar-refractivity contribution >= 4 is 28.6 Å². The lowest BCUT2D eigenvalue weighted by Crippen LogP contribution is -2.33. The second-order valence-electron chi connectivity index (χ2n) is 5.64. The fourth-order valence-corrected chi connectivity index (χ4v) is 3.12. The first kappa shape index (κ1) is 17.6. The van der Waals surface area contributed by atoms with Gasteiger partial charge in [-0.3, -0.25) is 4.79 Å². The van der Waals surface area contributed by atoms with Gasteiger partial charge >= 0.3 is 5.63 Å². The molecule has 124 valence electrons. The van der Waals surface area contributed by atoms with E-state index in [0.717, 1.165) is 29.4 Å². The van der Waals surface area contributed by atoms with E-state index in [4.69, 9.17) is 4.42 Å². The molecule has 0 radical (unpaired) electrons. The van der Waals surface area contributed by atoms with Crippen LogP contribution in [0.15, 0.2) is 33.5 Å². The Morgan fingerprint density at radius 2 is 2.09 bits per heavy atom. The van der Waals surface area contributed by atoms with E-state index in [1.807, 2.05) is 32.0 Å². The van der Waals surface area contributed by atoms with Gasteiger partial charge in [0.2, 0.25) is 5.91 Å². The highest BCUT2D eigenvalue weighted by atomic mass is 32.2. The number of carbonyl (C=O) groups is 1. The minimum absolute atomic E-state index is 0.0323. The molecule has 23 heavy (non-hydrogen) atoms. The maximum absolute atomic E-state index is 11.8. The summed E-state index contributed by atoms with van der Waals surface area (Å²) in [5, 5.41) is 3.88. The number of aryl methyl sites for hydroxylation is 1. The van der Waals surface area contributed by atoms with Crippen LogP contribution in [-0.2, 0) is 17.0 Å². The molecule has 2 rings (SSSR count). The van der Waals surface area contributed by atoms with E-state index in [-0.39, 0.29) is 17.6 Å². The molecule has 4 nitrogen and oxygen atoms in total. The third-order valence-electron chi connectivity index (χ3n) is 3.81. The van der Waals surface area contributed by atoms with Crippen molar-refractivity contribution in [3.8, 4) is 0 Å². The number of carbonyl (C=O) groups excluding carboxylic acids is 1. The maximum Gasteiger partial charge on any atom is 0.336 e. The molecule has 0 fully saturated rings. The first-order chi connectivity index (χ1) is 11.0. The predicted octanol–water partition coefficient (Wildman–Crippen LogP) is 3.50. The second kappa shape index (κ2) is 8.20. The van der Waals surface area contributed by atoms with Gasteiger partial charge in [-0.05, 0) is 37.0 Å². The van der Waals surface area contributed by atoms with Crippen molar-refractivity contribution in [1.82, 2.24) is 5.32 Å². The van der Waals surface area contributed by atoms with Gasteiger partial charge in [0.15, 0.2) is 0 Å². The van der Waals surface area contributed by atoms with E-state index in [0.29, 0.717) is 17.1 Å². The molecule has 0 aliphatic rings. The number of hydrogen-bond donors (Lipinski definition) is 1. The summed E-state index contributed by atoms with van der Waals surface area (Å²) >= 11 is 1.51. The molecule has 1 atom stereocenters. The third-order valence-corrected chi connectivity index (χ3v) is 4.79. The minimum atomic E-state index is -0.342. The van der Waals surface area contributed by atoms with E-state index < -0.39 is 0 Å². The smallest absolute Gasteiger partial charge is 0.336 e. The zero-order valence-corrected chi connectivity index (χ0v) is 14.7. The summed E-state index contributed by atoms with van der Waals surface area (Å²) in [4.78, 5) is 23.5. The molecule has 0 saturated heterocycles. The van der Waals surface area contributed by atoms with Gasteiger partial charge in [0.25, 0.3) is 0 Å². The molecule has 5 heteroatoms. The van der Waals surface area contributed by atoms with Gasteiger partial charge in [0.05, 0.1) is 5.75 Å². The molecular formula is C18H23NO3S. The summed E-state index contributed by atoms with van der Waals surface area (Å²) in [6, 6.07) is 7.67. The number of fused-ring (bicyclic) bond motifs is 1. The molecule has 1 amide bonds. The van der Waals surface area contributed by atoms with Crippen molar-refractivity contribution in [3.05, 3.63) is 45.8 Å². The summed E-state index contributed by atoms with van der Waals surface area (Å²) in [6.07, 6.45) is 1.81. The van der Waals surface area contributed by atoms with Crippen LogP contribution < -0.4 is 10.9 Å². The van der Waals surface area contributed by atoms with Crippen LogP contribution in [0.2, 0.25) is 0 Å². The van der Waals surface area contributed by atoms with Crippen LogP contribution in [0.4, 0.5) is 0 Å². The molecule has 0 bridgehead atoms. The van der Waals surface area contributed by atoms with Crippen LogP contribution in [0.1, 0.15) is 38.3 Å². The highest BCUT2D eigenvalue weighted by Gasteiger charge is 2.09. The fourth-order valence-electron chi connectivity index (χ4n) is 2.29. The second-order valence-corrected chi connectivity index (χ2v) is 6.63. The zero-order valence-electron chi connectivity index (χ0n) is 13.8. The van der Waals surface area contributed by atoms with Crippen LogP contribution in [0.3, 0.4) is 0 Å². The number of benzene rings is 1. The van der Waals surface area contributed by atoms with Crippen molar-refractivity contribution in [2.75, 3.05) is 5.75 Å². The van der Waals surface area contributed by atoms with Gasteiger partial charge in [-0.15, -0.1) is 11.8 Å². The van der Waals surface area contributed by atoms with Gasteiger partial charge in [0, 0.05) is 23.2 Å². The Bertz CT molecular complexity index is 739. The Morgan fingerprint density at radius 1 is 1.30 bits per heavy atom. The minimum Gasteiger partial charge on any atom is -0.423 e. The van der Waals surface area contributed by atoms with Crippen LogP contribution in [0, 0.1) is 0 Å². The van der Waals surface area contributed by atoms with Crippen molar-refractivity contribution in [2.45, 2.75) is 45.4 Å². The molecule has 0 aliphatic carbocycles. The molecule has 2 aromatic rings. The molecule has 0 aliphatic heterocycles. The van der Waals surface area contributed by atoms with Crippen LogP contribution in [-0.4, -0.2) is 17.7 Å². The molecule has 1 aromatic carbocycles. The summed E-state index contributed by atoms with van der Waals surface area (Å²) in [5.41, 5.74) is 2.33. The topological polar surface area (TPSA) is 59.3 Å². The average Bonchev–Trinajstić information content (AvgIpc) is 2.53. The standard InChI is InChI=1S/C18H23NO3S/c1-4-12(3)19-17(20)11-23-10-14-9-18(21)22-16-8-13(5-2)6-7-15(14)16/h6-9,12H,4-5,10-11H2,1-3H3,(H,19,20)/t12-/m1/s1. The van der Waals surface area contributed by atoms with Gasteiger partial charge in [-0.2, -0.15) is 0 Å². The Kier molecular flexibility index (Phi) is 6.28. The van der Waals surface area contributed by atoms with E-state index in [1.165, 1.54) is 17.8 Å². The van der Waals surface area contributed by atoms with Gasteiger partial charge in [-0.25, -0.2) is 4.79 Å². The molecule has 1 heterocycles. The van der Waals surface area contributed by atoms with E-state index in [1.54, 1.807) is 0 Å². The number of nitrogens with one attached hydrogen (secondary N) is 1. The van der Waals surface area contributed by atoms with Gasteiger partial charge in [0.1, 0.15) is 5.58 Å². The fraction of sp³-hybridized carbons (Fsp3) is 0.444. The van der Waals surface area contributed by atoms with Crippen LogP contribution in [0.5, 0.6) is 0 Å². The lowest BCUT2D eigenvalue weighted by atomic mass is 10.1. The van der Waals surface area contributed by atoms with Crippen LogP contribution >= 0.6 is 11.8 Å². The Balaban J connectivity index is 2.08. The highest BCUT2D eigenvalue weighted by molar-refractivity contribution is 7.99. The zero-order chi connectivity index (χ0) is 16.8. The largest absolute Gasteiger partial charge is 0.423 e. The SMILES string of the molecule is CCc1ccc2c(CSCC(=O)N[C@H](C)CC)cc(=O)oc2c1. The number of hydrogen-bond acceptors (Lipinski definition) is 4. The monoisotopic (exact) mass is 333 g/mol. The predicted molar refractivity (Wildman–Crippen MR) is 95.9 cm³/mol. The van der Waals surface area contributed by atoms with E-state index >= 15 is 0 Å². The lowest BCUT2D eigenvalue weighted by Gasteiger charge is -2.11. The summed E-state index contributed by atoms with van der Waals surface area (Å²) in [7, 11) is 0. The van der Waals surface area contributed by atoms with Crippen molar-refractivity contribution in [2.24, 2.45) is 0 Å². The molecule has 0 saturated carbocycles. The summed E-state index contributed by atoms with van der Waals surface area (Å²) < 4.78 is 5.30. The first-order valence-corrected chi connectivity index (χ1v) is 9.11. The van der Waals surface area contributed by atoms with Crippen molar-refractivity contribution < 1.29 is 9.21 Å². The molecule has 0 spiro atoms. The molecule has 1 N–H and O–H groups in total. The number of amides is 1. The molecule has 1 aromatic heterocycles. The average molecular weight is 333 g/mol. The van der Waals surface area contributed by atoms with E-state index in [2.05, 4.69) is 12.2 Å².